The van der Waals surface area contributed by atoms with Crippen LogP contribution in [-0.2, 0) is 0 Å². The van der Waals surface area contributed by atoms with Crippen LogP contribution in [0.5, 0.6) is 0 Å². The molecule has 2 aliphatic rings. The fraction of sp³-hybridized carbons (Fsp3) is 1.00. The Morgan fingerprint density at radius 2 is 1.38 bits per heavy atom. The van der Waals surface area contributed by atoms with E-state index in [1.165, 1.54) is 38.5 Å². The van der Waals surface area contributed by atoms with Gasteiger partial charge in [-0.1, -0.05) is 58.3 Å². The molecule has 2 nitrogen and oxygen atoms in total. The first-order chi connectivity index (χ1) is 13.3. The summed E-state index contributed by atoms with van der Waals surface area (Å²) in [6.07, 6.45) is 9.38. The van der Waals surface area contributed by atoms with Crippen LogP contribution in [0.4, 0.5) is 0 Å². The molecule has 0 heterocycles. The van der Waals surface area contributed by atoms with Gasteiger partial charge in [0.25, 0.3) is 0 Å². The third kappa shape index (κ3) is 7.32. The monoisotopic (exact) mass is 443 g/mol. The lowest BCUT2D eigenvalue weighted by molar-refractivity contribution is 0.0390. The molecule has 0 bridgehead atoms. The van der Waals surface area contributed by atoms with Crippen molar-refractivity contribution < 1.29 is 5.11 Å². The maximum absolute atomic E-state index is 10.5. The summed E-state index contributed by atoms with van der Waals surface area (Å²) in [4.78, 5) is 0. The van der Waals surface area contributed by atoms with Gasteiger partial charge in [0.1, 0.15) is 0 Å². The number of rotatable bonds is 7. The zero-order valence-electron chi connectivity index (χ0n) is 20.2. The van der Waals surface area contributed by atoms with E-state index in [-0.39, 0.29) is 10.9 Å². The molecule has 3 N–H and O–H groups in total. The Labute approximate surface area is 190 Å². The third-order valence-corrected chi connectivity index (χ3v) is 10.8. The summed E-state index contributed by atoms with van der Waals surface area (Å²) < 4.78 is 0.135. The Morgan fingerprint density at radius 1 is 0.862 bits per heavy atom. The van der Waals surface area contributed by atoms with Crippen molar-refractivity contribution in [2.45, 2.75) is 117 Å². The van der Waals surface area contributed by atoms with E-state index in [4.69, 9.17) is 5.73 Å². The van der Waals surface area contributed by atoms with E-state index in [0.29, 0.717) is 29.2 Å². The molecule has 8 atom stereocenters. The Balaban J connectivity index is 1.89. The van der Waals surface area contributed by atoms with Crippen molar-refractivity contribution in [3.63, 3.8) is 0 Å². The lowest BCUT2D eigenvalue weighted by Gasteiger charge is -2.43. The summed E-state index contributed by atoms with van der Waals surface area (Å²) in [6.45, 7) is 16.6. The van der Waals surface area contributed by atoms with Crippen molar-refractivity contribution in [2.75, 3.05) is 0 Å². The fourth-order valence-corrected chi connectivity index (χ4v) is 6.80. The number of aliphatic hydroxyl groups is 1. The second-order valence-corrected chi connectivity index (χ2v) is 14.1. The van der Waals surface area contributed by atoms with Crippen LogP contribution in [-0.4, -0.2) is 22.0 Å². The lowest BCUT2D eigenvalue weighted by Crippen LogP contribution is -2.40. The highest BCUT2D eigenvalue weighted by molar-refractivity contribution is 8.69. The van der Waals surface area contributed by atoms with Gasteiger partial charge in [-0.3, -0.25) is 0 Å². The molecule has 0 spiro atoms. The average Bonchev–Trinajstić information content (AvgIpc) is 2.64. The lowest BCUT2D eigenvalue weighted by atomic mass is 9.64. The van der Waals surface area contributed by atoms with Crippen molar-refractivity contribution in [3.05, 3.63) is 0 Å². The van der Waals surface area contributed by atoms with Gasteiger partial charge in [-0.15, -0.1) is 11.7 Å². The van der Waals surface area contributed by atoms with E-state index in [2.05, 4.69) is 60.1 Å². The molecule has 0 amide bonds. The van der Waals surface area contributed by atoms with Gasteiger partial charge in [0.2, 0.25) is 0 Å². The maximum Gasteiger partial charge on any atom is 0.0546 e. The van der Waals surface area contributed by atoms with Gasteiger partial charge in [-0.05, 0) is 93.3 Å². The highest BCUT2D eigenvalue weighted by Crippen LogP contribution is 2.47. The molecule has 0 aromatic heterocycles. The van der Waals surface area contributed by atoms with Crippen molar-refractivity contribution in [1.82, 2.24) is 0 Å². The molecule has 0 aliphatic heterocycles. The summed E-state index contributed by atoms with van der Waals surface area (Å²) in [7, 11) is 1.66. The Kier molecular flexibility index (Phi) is 9.36. The predicted molar refractivity (Wildman–Crippen MR) is 133 cm³/mol. The molecule has 172 valence electrons. The molecular formula is C25H49NOS2. The minimum absolute atomic E-state index is 0.135. The first-order valence-corrected chi connectivity index (χ1v) is 14.0. The smallest absolute Gasteiger partial charge is 0.0546 e. The molecule has 0 radical (unpaired) electrons. The Hall–Kier alpha value is 0.620. The van der Waals surface area contributed by atoms with Crippen molar-refractivity contribution in [1.29, 1.82) is 0 Å². The van der Waals surface area contributed by atoms with Crippen LogP contribution >= 0.6 is 22.5 Å². The van der Waals surface area contributed by atoms with Crippen LogP contribution in [0.1, 0.15) is 99.8 Å². The molecule has 29 heavy (non-hydrogen) atoms. The Bertz CT molecular complexity index is 504. The molecule has 8 unspecified atom stereocenters. The van der Waals surface area contributed by atoms with E-state index >= 15 is 0 Å². The SMILES string of the molecule is CC(CCC(C)C1CC(O)CC(C(C)(C)SS)C1)C1CC(N)CC(C(C)(C)C)C1. The molecule has 2 fully saturated rings. The summed E-state index contributed by atoms with van der Waals surface area (Å²) >= 11 is 4.51. The van der Waals surface area contributed by atoms with Crippen LogP contribution in [0.2, 0.25) is 0 Å². The van der Waals surface area contributed by atoms with E-state index in [0.717, 1.165) is 30.6 Å². The van der Waals surface area contributed by atoms with Crippen LogP contribution in [0.25, 0.3) is 0 Å². The number of thiol groups is 1. The van der Waals surface area contributed by atoms with Crippen molar-refractivity contribution in [2.24, 2.45) is 46.7 Å². The second kappa shape index (κ2) is 10.5. The second-order valence-electron chi connectivity index (χ2n) is 12.3. The quantitative estimate of drug-likeness (QED) is 0.294. The summed E-state index contributed by atoms with van der Waals surface area (Å²) in [5.74, 6) is 4.17. The molecule has 2 saturated carbocycles. The van der Waals surface area contributed by atoms with Gasteiger partial charge in [-0.25, -0.2) is 0 Å². The van der Waals surface area contributed by atoms with Gasteiger partial charge in [0.15, 0.2) is 0 Å². The maximum atomic E-state index is 10.5. The molecule has 4 heteroatoms. The summed E-state index contributed by atoms with van der Waals surface area (Å²) in [6, 6.07) is 0.382. The minimum atomic E-state index is -0.137. The molecule has 0 aromatic rings. The van der Waals surface area contributed by atoms with Gasteiger partial charge in [0.05, 0.1) is 6.10 Å². The van der Waals surface area contributed by atoms with Gasteiger partial charge in [-0.2, -0.15) is 0 Å². The molecule has 0 saturated heterocycles. The topological polar surface area (TPSA) is 46.2 Å². The van der Waals surface area contributed by atoms with E-state index < -0.39 is 0 Å². The Morgan fingerprint density at radius 3 is 1.90 bits per heavy atom. The van der Waals surface area contributed by atoms with Crippen LogP contribution in [0.3, 0.4) is 0 Å². The summed E-state index contributed by atoms with van der Waals surface area (Å²) in [5, 5.41) is 10.5. The fourth-order valence-electron chi connectivity index (χ4n) is 6.02. The van der Waals surface area contributed by atoms with Crippen molar-refractivity contribution in [3.8, 4) is 0 Å². The van der Waals surface area contributed by atoms with E-state index in [1.807, 2.05) is 0 Å². The normalized spacial score (nSPS) is 36.6. The molecular weight excluding hydrogens is 394 g/mol. The molecule has 0 aromatic carbocycles. The van der Waals surface area contributed by atoms with Crippen LogP contribution in [0.15, 0.2) is 0 Å². The van der Waals surface area contributed by atoms with Crippen molar-refractivity contribution >= 4 is 22.5 Å². The van der Waals surface area contributed by atoms with Crippen LogP contribution < -0.4 is 5.73 Å². The zero-order chi connectivity index (χ0) is 22.0. The largest absolute Gasteiger partial charge is 0.393 e. The number of aliphatic hydroxyl groups excluding tert-OH is 1. The first kappa shape index (κ1) is 25.9. The van der Waals surface area contributed by atoms with E-state index in [9.17, 15) is 5.11 Å². The minimum Gasteiger partial charge on any atom is -0.393 e. The highest BCUT2D eigenvalue weighted by Gasteiger charge is 2.39. The summed E-state index contributed by atoms with van der Waals surface area (Å²) in [5.41, 5.74) is 6.84. The van der Waals surface area contributed by atoms with Gasteiger partial charge < -0.3 is 10.8 Å². The molecule has 2 aliphatic carbocycles. The highest BCUT2D eigenvalue weighted by atomic mass is 33.1. The van der Waals surface area contributed by atoms with Gasteiger partial charge >= 0.3 is 0 Å². The predicted octanol–water partition coefficient (Wildman–Crippen LogP) is 6.96. The number of nitrogens with two attached hydrogens (primary N) is 1. The number of hydrogen-bond acceptors (Lipinski definition) is 4. The van der Waals surface area contributed by atoms with Gasteiger partial charge in [0, 0.05) is 10.8 Å². The third-order valence-electron chi connectivity index (χ3n) is 8.63. The standard InChI is InChI=1S/C25H49NOS2/c1-16(18-10-20(24(3,4)5)14-22(26)12-18)8-9-17(2)19-11-21(15-23(27)13-19)25(6,7)29-28/h16-23,27-28H,8-15,26H2,1-7H3. The average molecular weight is 444 g/mol. The first-order valence-electron chi connectivity index (χ1n) is 12.1. The van der Waals surface area contributed by atoms with Crippen LogP contribution in [0, 0.1) is 40.9 Å². The molecule has 2 rings (SSSR count). The number of hydrogen-bond donors (Lipinski definition) is 3. The van der Waals surface area contributed by atoms with E-state index in [1.54, 1.807) is 10.8 Å². The zero-order valence-corrected chi connectivity index (χ0v) is 21.9.